The van der Waals surface area contributed by atoms with Crippen molar-refractivity contribution in [1.29, 1.82) is 0 Å². The zero-order valence-electron chi connectivity index (χ0n) is 13.2. The first-order valence-electron chi connectivity index (χ1n) is 7.57. The zero-order chi connectivity index (χ0) is 16.4. The van der Waals surface area contributed by atoms with Crippen LogP contribution < -0.4 is 4.74 Å². The fourth-order valence-corrected chi connectivity index (χ4v) is 4.85. The summed E-state index contributed by atoms with van der Waals surface area (Å²) in [4.78, 5) is 0. The first-order chi connectivity index (χ1) is 11.2. The van der Waals surface area contributed by atoms with Gasteiger partial charge in [0.25, 0.3) is 0 Å². The van der Waals surface area contributed by atoms with Crippen molar-refractivity contribution >= 4 is 4.08 Å². The van der Waals surface area contributed by atoms with Crippen molar-refractivity contribution in [2.24, 2.45) is 5.92 Å². The van der Waals surface area contributed by atoms with Gasteiger partial charge >= 0.3 is 148 Å². The molecule has 3 nitrogen and oxygen atoms in total. The third kappa shape index (κ3) is 2.71. The average Bonchev–Trinajstić information content (AvgIpc) is 3.32. The Kier molecular flexibility index (Phi) is 4.82. The van der Waals surface area contributed by atoms with Gasteiger partial charge in [-0.05, 0) is 0 Å². The van der Waals surface area contributed by atoms with Crippen LogP contribution in [0.4, 0.5) is 0 Å². The molecule has 4 heteroatoms. The third-order valence-corrected chi connectivity index (χ3v) is 6.35. The Morgan fingerprint density at radius 3 is 2.26 bits per heavy atom. The van der Waals surface area contributed by atoms with Gasteiger partial charge in [-0.15, -0.1) is 0 Å². The summed E-state index contributed by atoms with van der Waals surface area (Å²) in [6.45, 7) is 0.110. The van der Waals surface area contributed by atoms with Crippen LogP contribution >= 0.6 is 0 Å². The minimum absolute atomic E-state index is 0.110. The molecule has 0 bridgehead atoms. The van der Waals surface area contributed by atoms with Gasteiger partial charge in [0, 0.05) is 0 Å². The van der Waals surface area contributed by atoms with Crippen LogP contribution in [0.2, 0.25) is 0 Å². The van der Waals surface area contributed by atoms with Gasteiger partial charge in [-0.1, -0.05) is 0 Å². The SMILES string of the molecule is CO[C](=[W])[C@@H]1[C@@H](c2ccc(OC)cc2)[C@]1(CO)c1ccccc1. The molecule has 0 heterocycles. The van der Waals surface area contributed by atoms with Gasteiger partial charge in [0.2, 0.25) is 0 Å². The third-order valence-electron chi connectivity index (χ3n) is 4.84. The predicted molar refractivity (Wildman–Crippen MR) is 86.4 cm³/mol. The van der Waals surface area contributed by atoms with Crippen molar-refractivity contribution < 1.29 is 33.9 Å². The molecule has 0 spiro atoms. The Hall–Kier alpha value is -1.28. The molecule has 1 saturated carbocycles. The van der Waals surface area contributed by atoms with Gasteiger partial charge in [-0.25, -0.2) is 0 Å². The molecule has 0 amide bonds. The number of benzene rings is 2. The monoisotopic (exact) mass is 480 g/mol. The second-order valence-corrected chi connectivity index (χ2v) is 7.26. The van der Waals surface area contributed by atoms with E-state index in [1.54, 1.807) is 14.2 Å². The molecule has 0 radical (unpaired) electrons. The van der Waals surface area contributed by atoms with E-state index in [1.807, 2.05) is 30.3 Å². The molecule has 0 aromatic heterocycles. The van der Waals surface area contributed by atoms with Crippen molar-refractivity contribution in [2.45, 2.75) is 11.3 Å². The van der Waals surface area contributed by atoms with Crippen molar-refractivity contribution in [1.82, 2.24) is 0 Å². The maximum absolute atomic E-state index is 10.3. The first-order valence-corrected chi connectivity index (χ1v) is 9.04. The Labute approximate surface area is 147 Å². The van der Waals surface area contributed by atoms with Crippen LogP contribution in [0.25, 0.3) is 0 Å². The predicted octanol–water partition coefficient (Wildman–Crippen LogP) is 2.66. The molecule has 1 N–H and O–H groups in total. The summed E-state index contributed by atoms with van der Waals surface area (Å²) >= 11 is 1.32. The Morgan fingerprint density at radius 1 is 1.09 bits per heavy atom. The van der Waals surface area contributed by atoms with Crippen LogP contribution in [0.5, 0.6) is 5.75 Å². The molecule has 23 heavy (non-hydrogen) atoms. The van der Waals surface area contributed by atoms with E-state index in [1.165, 1.54) is 30.5 Å². The van der Waals surface area contributed by atoms with Crippen molar-refractivity contribution in [2.75, 3.05) is 20.8 Å². The van der Waals surface area contributed by atoms with Crippen LogP contribution in [-0.2, 0) is 29.5 Å². The second-order valence-electron chi connectivity index (χ2n) is 5.82. The van der Waals surface area contributed by atoms with E-state index in [-0.39, 0.29) is 23.9 Å². The number of methoxy groups -OCH3 is 2. The van der Waals surface area contributed by atoms with E-state index in [2.05, 4.69) is 24.3 Å². The summed E-state index contributed by atoms with van der Waals surface area (Å²) in [5, 5.41) is 10.3. The molecule has 1 aliphatic rings. The summed E-state index contributed by atoms with van der Waals surface area (Å²) in [5.41, 5.74) is 2.09. The van der Waals surface area contributed by atoms with Crippen LogP contribution in [0, 0.1) is 5.92 Å². The topological polar surface area (TPSA) is 38.7 Å². The minimum atomic E-state index is -0.289. The fraction of sp³-hybridized carbons (Fsp3) is 0.316. The summed E-state index contributed by atoms with van der Waals surface area (Å²) in [6.07, 6.45) is 0. The van der Waals surface area contributed by atoms with Gasteiger partial charge in [-0.2, -0.15) is 0 Å². The molecular weight excluding hydrogens is 460 g/mol. The van der Waals surface area contributed by atoms with Gasteiger partial charge in [0.1, 0.15) is 0 Å². The van der Waals surface area contributed by atoms with E-state index in [9.17, 15) is 5.11 Å². The van der Waals surface area contributed by atoms with Crippen molar-refractivity contribution in [3.8, 4) is 5.75 Å². The molecule has 1 fully saturated rings. The summed E-state index contributed by atoms with van der Waals surface area (Å²) in [6, 6.07) is 18.4. The quantitative estimate of drug-likeness (QED) is 0.692. The van der Waals surface area contributed by atoms with E-state index in [0.29, 0.717) is 0 Å². The van der Waals surface area contributed by atoms with Crippen molar-refractivity contribution in [3.63, 3.8) is 0 Å². The maximum atomic E-state index is 10.3. The number of ether oxygens (including phenoxy) is 2. The first kappa shape index (κ1) is 16.6. The molecule has 0 aliphatic heterocycles. The van der Waals surface area contributed by atoms with Gasteiger partial charge in [-0.3, -0.25) is 0 Å². The number of hydrogen-bond donors (Lipinski definition) is 1. The molecule has 1 aliphatic carbocycles. The number of aliphatic hydroxyl groups is 1. The molecule has 2 aromatic carbocycles. The Morgan fingerprint density at radius 2 is 1.74 bits per heavy atom. The Bertz CT molecular complexity index is 684. The molecule has 120 valence electrons. The molecular formula is C19H20O3W. The van der Waals surface area contributed by atoms with Gasteiger partial charge in [0.05, 0.1) is 0 Å². The summed E-state index contributed by atoms with van der Waals surface area (Å²) in [5.74, 6) is 1.29. The fourth-order valence-electron chi connectivity index (χ4n) is 3.61. The van der Waals surface area contributed by atoms with E-state index in [4.69, 9.17) is 9.47 Å². The number of hydrogen-bond acceptors (Lipinski definition) is 3. The molecule has 3 rings (SSSR count). The van der Waals surface area contributed by atoms with Crippen LogP contribution in [0.3, 0.4) is 0 Å². The van der Waals surface area contributed by atoms with Gasteiger partial charge < -0.3 is 0 Å². The standard InChI is InChI=1S/C19H20O3.W/c1-21-12-17-18(14-8-10-16(22-2)11-9-14)19(17,13-20)15-6-4-3-5-7-15;/h3-11,17-18,20H,13H2,1-2H3;/t17-,18-,19-;/m1./s1. The average molecular weight is 480 g/mol. The number of aliphatic hydroxyl groups excluding tert-OH is 1. The molecule has 0 saturated heterocycles. The van der Waals surface area contributed by atoms with Crippen LogP contribution in [-0.4, -0.2) is 30.0 Å². The second kappa shape index (κ2) is 6.68. The van der Waals surface area contributed by atoms with E-state index in [0.717, 1.165) is 9.83 Å². The van der Waals surface area contributed by atoms with Gasteiger partial charge in [0.15, 0.2) is 0 Å². The zero-order valence-corrected chi connectivity index (χ0v) is 16.2. The summed E-state index contributed by atoms with van der Waals surface area (Å²) < 4.78 is 11.9. The molecule has 2 aromatic rings. The number of rotatable bonds is 6. The Balaban J connectivity index is 2.04. The van der Waals surface area contributed by atoms with Crippen molar-refractivity contribution in [3.05, 3.63) is 65.7 Å². The van der Waals surface area contributed by atoms with E-state index >= 15 is 0 Å². The molecule has 3 atom stereocenters. The van der Waals surface area contributed by atoms with E-state index < -0.39 is 0 Å². The normalized spacial score (nSPS) is 25.9. The van der Waals surface area contributed by atoms with Crippen LogP contribution in [0.1, 0.15) is 17.0 Å². The van der Waals surface area contributed by atoms with Crippen LogP contribution in [0.15, 0.2) is 54.6 Å². The summed E-state index contributed by atoms with van der Waals surface area (Å²) in [7, 11) is 3.39. The molecule has 0 unspecified atom stereocenters.